The molecule has 19 heavy (non-hydrogen) atoms. The van der Waals surface area contributed by atoms with Crippen LogP contribution in [0.1, 0.15) is 45.4 Å². The van der Waals surface area contributed by atoms with Crippen molar-refractivity contribution in [2.45, 2.75) is 57.0 Å². The first-order valence-corrected chi connectivity index (χ1v) is 7.71. The summed E-state index contributed by atoms with van der Waals surface area (Å²) in [6.45, 7) is 4.11. The number of hydrogen-bond acceptors (Lipinski definition) is 3. The molecule has 110 valence electrons. The number of rotatable bonds is 5. The highest BCUT2D eigenvalue weighted by atomic mass is 16.1. The molecular formula is C15H29N3O. The maximum Gasteiger partial charge on any atom is 0.221 e. The van der Waals surface area contributed by atoms with Crippen molar-refractivity contribution in [3.63, 3.8) is 0 Å². The van der Waals surface area contributed by atoms with E-state index in [9.17, 15) is 4.79 Å². The van der Waals surface area contributed by atoms with E-state index in [2.05, 4.69) is 36.6 Å². The van der Waals surface area contributed by atoms with E-state index in [-0.39, 0.29) is 11.4 Å². The van der Waals surface area contributed by atoms with E-state index in [1.54, 1.807) is 0 Å². The Labute approximate surface area is 117 Å². The summed E-state index contributed by atoms with van der Waals surface area (Å²) in [6, 6.07) is 0.366. The van der Waals surface area contributed by atoms with Gasteiger partial charge in [0.1, 0.15) is 0 Å². The van der Waals surface area contributed by atoms with Crippen LogP contribution in [0, 0.1) is 5.92 Å². The molecule has 1 saturated carbocycles. The highest BCUT2D eigenvalue weighted by Crippen LogP contribution is 2.35. The first-order chi connectivity index (χ1) is 9.03. The fourth-order valence-electron chi connectivity index (χ4n) is 3.29. The number of likely N-dealkylation sites (N-methyl/N-ethyl adjacent to an activating group) is 1. The molecule has 2 unspecified atom stereocenters. The number of carbonyl (C=O) groups is 1. The second-order valence-corrected chi connectivity index (χ2v) is 6.63. The highest BCUT2D eigenvalue weighted by molar-refractivity contribution is 5.76. The summed E-state index contributed by atoms with van der Waals surface area (Å²) in [5, 5.41) is 6.63. The molecule has 4 nitrogen and oxygen atoms in total. The van der Waals surface area contributed by atoms with Crippen molar-refractivity contribution in [1.82, 2.24) is 15.5 Å². The average Bonchev–Trinajstić information content (AvgIpc) is 2.30. The number of amides is 1. The van der Waals surface area contributed by atoms with Gasteiger partial charge in [0.15, 0.2) is 0 Å². The van der Waals surface area contributed by atoms with Crippen LogP contribution < -0.4 is 10.6 Å². The van der Waals surface area contributed by atoms with Crippen LogP contribution in [0.2, 0.25) is 0 Å². The van der Waals surface area contributed by atoms with Crippen molar-refractivity contribution in [3.05, 3.63) is 0 Å². The van der Waals surface area contributed by atoms with Crippen molar-refractivity contribution < 1.29 is 4.79 Å². The molecule has 2 fully saturated rings. The Morgan fingerprint density at radius 2 is 2.11 bits per heavy atom. The summed E-state index contributed by atoms with van der Waals surface area (Å²) in [4.78, 5) is 14.4. The van der Waals surface area contributed by atoms with Crippen LogP contribution in [-0.2, 0) is 4.79 Å². The lowest BCUT2D eigenvalue weighted by Crippen LogP contribution is -2.57. The van der Waals surface area contributed by atoms with Crippen LogP contribution in [0.25, 0.3) is 0 Å². The number of carbonyl (C=O) groups excluding carboxylic acids is 1. The minimum atomic E-state index is 0.208. The molecule has 1 amide bonds. The van der Waals surface area contributed by atoms with Crippen molar-refractivity contribution in [2.24, 2.45) is 5.92 Å². The maximum absolute atomic E-state index is 12.1. The molecule has 4 heteroatoms. The molecule has 0 spiro atoms. The zero-order chi connectivity index (χ0) is 13.9. The summed E-state index contributed by atoms with van der Waals surface area (Å²) in [5.74, 6) is 0.824. The first-order valence-electron chi connectivity index (χ1n) is 7.71. The van der Waals surface area contributed by atoms with E-state index < -0.39 is 0 Å². The SMILES string of the molecule is CC1CCCNC1CC(=O)NCC1(N(C)C)CCC1. The molecule has 2 aliphatic rings. The predicted octanol–water partition coefficient (Wildman–Crippen LogP) is 1.37. The molecule has 1 saturated heterocycles. The molecule has 0 bridgehead atoms. The standard InChI is InChI=1S/C15H29N3O/c1-12-6-4-9-16-13(12)10-14(19)17-11-15(18(2)3)7-5-8-15/h12-13,16H,4-11H2,1-3H3,(H,17,19). The topological polar surface area (TPSA) is 44.4 Å². The quantitative estimate of drug-likeness (QED) is 0.790. The second-order valence-electron chi connectivity index (χ2n) is 6.63. The van der Waals surface area contributed by atoms with Crippen LogP contribution in [0.5, 0.6) is 0 Å². The molecule has 1 aliphatic heterocycles. The van der Waals surface area contributed by atoms with Crippen LogP contribution >= 0.6 is 0 Å². The molecule has 0 aromatic carbocycles. The van der Waals surface area contributed by atoms with Gasteiger partial charge < -0.3 is 15.5 Å². The fourth-order valence-corrected chi connectivity index (χ4v) is 3.29. The van der Waals surface area contributed by atoms with E-state index >= 15 is 0 Å². The maximum atomic E-state index is 12.1. The van der Waals surface area contributed by atoms with Gasteiger partial charge in [0.05, 0.1) is 0 Å². The van der Waals surface area contributed by atoms with Gasteiger partial charge in [-0.1, -0.05) is 6.92 Å². The average molecular weight is 267 g/mol. The largest absolute Gasteiger partial charge is 0.354 e. The molecular weight excluding hydrogens is 238 g/mol. The smallest absolute Gasteiger partial charge is 0.221 e. The Bertz CT molecular complexity index is 313. The lowest BCUT2D eigenvalue weighted by molar-refractivity contribution is -0.123. The van der Waals surface area contributed by atoms with Gasteiger partial charge in [-0.05, 0) is 58.7 Å². The van der Waals surface area contributed by atoms with Crippen molar-refractivity contribution in [1.29, 1.82) is 0 Å². The van der Waals surface area contributed by atoms with Crippen LogP contribution in [0.3, 0.4) is 0 Å². The third kappa shape index (κ3) is 3.48. The monoisotopic (exact) mass is 267 g/mol. The van der Waals surface area contributed by atoms with Crippen molar-refractivity contribution in [3.8, 4) is 0 Å². The fraction of sp³-hybridized carbons (Fsp3) is 0.933. The van der Waals surface area contributed by atoms with E-state index in [0.717, 1.165) is 13.1 Å². The Kier molecular flexibility index (Phi) is 4.85. The van der Waals surface area contributed by atoms with E-state index in [4.69, 9.17) is 0 Å². The van der Waals surface area contributed by atoms with Crippen molar-refractivity contribution in [2.75, 3.05) is 27.2 Å². The molecule has 1 aliphatic carbocycles. The zero-order valence-corrected chi connectivity index (χ0v) is 12.7. The number of nitrogens with zero attached hydrogens (tertiary/aromatic N) is 1. The molecule has 2 rings (SSSR count). The summed E-state index contributed by atoms with van der Waals surface area (Å²) < 4.78 is 0. The lowest BCUT2D eigenvalue weighted by atomic mass is 9.75. The minimum absolute atomic E-state index is 0.208. The summed E-state index contributed by atoms with van der Waals surface area (Å²) >= 11 is 0. The summed E-state index contributed by atoms with van der Waals surface area (Å²) in [5.41, 5.74) is 0.223. The lowest BCUT2D eigenvalue weighted by Gasteiger charge is -2.47. The summed E-state index contributed by atoms with van der Waals surface area (Å²) in [6.07, 6.45) is 6.81. The van der Waals surface area contributed by atoms with Gasteiger partial charge in [-0.15, -0.1) is 0 Å². The summed E-state index contributed by atoms with van der Waals surface area (Å²) in [7, 11) is 4.24. The van der Waals surface area contributed by atoms with Crippen LogP contribution in [-0.4, -0.2) is 49.6 Å². The van der Waals surface area contributed by atoms with Gasteiger partial charge in [-0.2, -0.15) is 0 Å². The predicted molar refractivity (Wildman–Crippen MR) is 78.1 cm³/mol. The molecule has 0 aromatic rings. The van der Waals surface area contributed by atoms with Crippen LogP contribution in [0.15, 0.2) is 0 Å². The zero-order valence-electron chi connectivity index (χ0n) is 12.7. The Hall–Kier alpha value is -0.610. The third-order valence-corrected chi connectivity index (χ3v) is 5.18. The van der Waals surface area contributed by atoms with Gasteiger partial charge in [0.2, 0.25) is 5.91 Å². The second kappa shape index (κ2) is 6.23. The normalized spacial score (nSPS) is 29.9. The number of piperidine rings is 1. The Morgan fingerprint density at radius 3 is 2.63 bits per heavy atom. The van der Waals surface area contributed by atoms with E-state index in [1.165, 1.54) is 32.1 Å². The molecule has 2 atom stereocenters. The van der Waals surface area contributed by atoms with E-state index in [0.29, 0.717) is 18.4 Å². The van der Waals surface area contributed by atoms with E-state index in [1.807, 2.05) is 0 Å². The third-order valence-electron chi connectivity index (χ3n) is 5.18. The minimum Gasteiger partial charge on any atom is -0.354 e. The van der Waals surface area contributed by atoms with Gasteiger partial charge in [-0.3, -0.25) is 4.79 Å². The molecule has 0 aromatic heterocycles. The first kappa shape index (κ1) is 14.8. The van der Waals surface area contributed by atoms with Gasteiger partial charge in [-0.25, -0.2) is 0 Å². The number of hydrogen-bond donors (Lipinski definition) is 2. The molecule has 0 radical (unpaired) electrons. The van der Waals surface area contributed by atoms with Gasteiger partial charge in [0, 0.05) is 24.5 Å². The highest BCUT2D eigenvalue weighted by Gasteiger charge is 2.39. The Morgan fingerprint density at radius 1 is 1.37 bits per heavy atom. The number of nitrogens with one attached hydrogen (secondary N) is 2. The molecule has 1 heterocycles. The van der Waals surface area contributed by atoms with Gasteiger partial charge >= 0.3 is 0 Å². The van der Waals surface area contributed by atoms with Crippen molar-refractivity contribution >= 4 is 5.91 Å². The van der Waals surface area contributed by atoms with Crippen LogP contribution in [0.4, 0.5) is 0 Å². The molecule has 2 N–H and O–H groups in total. The Balaban J connectivity index is 1.75. The van der Waals surface area contributed by atoms with Gasteiger partial charge in [0.25, 0.3) is 0 Å².